The van der Waals surface area contributed by atoms with Crippen molar-refractivity contribution in [3.05, 3.63) is 4.91 Å². The molecule has 2 rings (SSSR count). The average Bonchev–Trinajstić information content (AvgIpc) is 2.51. The van der Waals surface area contributed by atoms with E-state index in [2.05, 4.69) is 5.29 Å². The molecule has 1 aliphatic heterocycles. The van der Waals surface area contributed by atoms with Crippen LogP contribution in [0.1, 0.15) is 39.0 Å². The molecule has 0 N–H and O–H groups in total. The molecule has 2 aliphatic rings. The van der Waals surface area contributed by atoms with Crippen molar-refractivity contribution in [2.24, 2.45) is 5.29 Å². The molecule has 3 amide bonds. The van der Waals surface area contributed by atoms with E-state index in [1.165, 1.54) is 11.8 Å². The van der Waals surface area contributed by atoms with E-state index in [-0.39, 0.29) is 11.9 Å². The summed E-state index contributed by atoms with van der Waals surface area (Å²) < 4.78 is 0. The van der Waals surface area contributed by atoms with Crippen LogP contribution in [0.4, 0.5) is 4.79 Å². The number of nitrogens with zero attached hydrogens (tertiary/aromatic N) is 3. The number of carbonyl (C=O) groups excluding carboxylic acids is 2. The first-order valence-corrected chi connectivity index (χ1v) is 5.66. The number of nitroso groups, excluding NO2 is 1. The predicted octanol–water partition coefficient (Wildman–Crippen LogP) is 1.65. The Morgan fingerprint density at radius 1 is 1.19 bits per heavy atom. The Hall–Kier alpha value is -1.46. The Morgan fingerprint density at radius 3 is 2.31 bits per heavy atom. The van der Waals surface area contributed by atoms with Crippen LogP contribution >= 0.6 is 0 Å². The normalized spacial score (nSPS) is 27.7. The first-order chi connectivity index (χ1) is 7.66. The van der Waals surface area contributed by atoms with Gasteiger partial charge in [-0.1, -0.05) is 19.3 Å². The van der Waals surface area contributed by atoms with Gasteiger partial charge in [0, 0.05) is 6.04 Å². The van der Waals surface area contributed by atoms with Gasteiger partial charge in [0.15, 0.2) is 0 Å². The Balaban J connectivity index is 2.17. The number of amides is 3. The van der Waals surface area contributed by atoms with Crippen molar-refractivity contribution in [1.82, 2.24) is 9.91 Å². The van der Waals surface area contributed by atoms with E-state index >= 15 is 0 Å². The van der Waals surface area contributed by atoms with Gasteiger partial charge in [0.1, 0.15) is 6.04 Å². The summed E-state index contributed by atoms with van der Waals surface area (Å²) in [5.74, 6) is -0.295. The summed E-state index contributed by atoms with van der Waals surface area (Å²) in [6.07, 6.45) is 4.90. The molecule has 0 aromatic heterocycles. The van der Waals surface area contributed by atoms with Gasteiger partial charge in [0.2, 0.25) is 0 Å². The number of hydrogen-bond acceptors (Lipinski definition) is 4. The van der Waals surface area contributed by atoms with Crippen molar-refractivity contribution in [3.63, 3.8) is 0 Å². The van der Waals surface area contributed by atoms with Gasteiger partial charge in [-0.2, -0.15) is 5.01 Å². The molecular weight excluding hydrogens is 210 g/mol. The Labute approximate surface area is 93.5 Å². The molecule has 6 nitrogen and oxygen atoms in total. The quantitative estimate of drug-likeness (QED) is 0.530. The molecule has 88 valence electrons. The second-order valence-electron chi connectivity index (χ2n) is 4.38. The van der Waals surface area contributed by atoms with Crippen molar-refractivity contribution in [2.45, 2.75) is 51.1 Å². The smallest absolute Gasteiger partial charge is 0.272 e. The van der Waals surface area contributed by atoms with Crippen molar-refractivity contribution in [1.29, 1.82) is 0 Å². The van der Waals surface area contributed by atoms with Gasteiger partial charge in [0.05, 0.1) is 5.29 Å². The third kappa shape index (κ3) is 1.58. The number of hydrogen-bond donors (Lipinski definition) is 0. The molecular formula is C10H15N3O3. The lowest BCUT2D eigenvalue weighted by Crippen LogP contribution is -2.41. The lowest BCUT2D eigenvalue weighted by atomic mass is 9.94. The molecule has 0 aromatic carbocycles. The Kier molecular flexibility index (Phi) is 2.89. The molecule has 1 unspecified atom stereocenters. The SMILES string of the molecule is CC1C(=O)N(C2CCCCC2)C(=O)N1N=O. The van der Waals surface area contributed by atoms with Gasteiger partial charge in [-0.15, -0.1) is 4.91 Å². The van der Waals surface area contributed by atoms with Gasteiger partial charge in [-0.3, -0.25) is 9.69 Å². The molecule has 1 heterocycles. The molecule has 1 aliphatic carbocycles. The highest BCUT2D eigenvalue weighted by Crippen LogP contribution is 2.28. The summed E-state index contributed by atoms with van der Waals surface area (Å²) in [5.41, 5.74) is 0. The Morgan fingerprint density at radius 2 is 1.81 bits per heavy atom. The number of carbonyl (C=O) groups is 2. The van der Waals surface area contributed by atoms with Gasteiger partial charge >= 0.3 is 6.03 Å². The maximum atomic E-state index is 11.8. The molecule has 1 saturated carbocycles. The molecule has 0 spiro atoms. The number of imide groups is 1. The summed E-state index contributed by atoms with van der Waals surface area (Å²) in [7, 11) is 0. The van der Waals surface area contributed by atoms with Gasteiger partial charge in [0.25, 0.3) is 5.91 Å². The first kappa shape index (κ1) is 11.0. The summed E-state index contributed by atoms with van der Waals surface area (Å²) in [5, 5.41) is 3.35. The maximum absolute atomic E-state index is 11.8. The van der Waals surface area contributed by atoms with Crippen LogP contribution in [-0.4, -0.2) is 33.9 Å². The van der Waals surface area contributed by atoms with E-state index in [0.717, 1.165) is 37.1 Å². The first-order valence-electron chi connectivity index (χ1n) is 5.66. The molecule has 16 heavy (non-hydrogen) atoms. The van der Waals surface area contributed by atoms with E-state index < -0.39 is 12.1 Å². The van der Waals surface area contributed by atoms with Crippen LogP contribution in [0.15, 0.2) is 5.29 Å². The van der Waals surface area contributed by atoms with Crippen LogP contribution < -0.4 is 0 Å². The highest BCUT2D eigenvalue weighted by molar-refractivity contribution is 6.04. The van der Waals surface area contributed by atoms with Crippen LogP contribution in [0.25, 0.3) is 0 Å². The minimum Gasteiger partial charge on any atom is -0.272 e. The van der Waals surface area contributed by atoms with Crippen molar-refractivity contribution in [3.8, 4) is 0 Å². The summed E-state index contributed by atoms with van der Waals surface area (Å²) in [6.45, 7) is 1.53. The van der Waals surface area contributed by atoms with Crippen LogP contribution in [0.2, 0.25) is 0 Å². The predicted molar refractivity (Wildman–Crippen MR) is 56.2 cm³/mol. The second kappa shape index (κ2) is 4.19. The van der Waals surface area contributed by atoms with E-state index in [0.29, 0.717) is 0 Å². The molecule has 0 bridgehead atoms. The van der Waals surface area contributed by atoms with Gasteiger partial charge < -0.3 is 0 Å². The fourth-order valence-corrected chi connectivity index (χ4v) is 2.46. The number of urea groups is 1. The largest absolute Gasteiger partial charge is 0.350 e. The third-order valence-electron chi connectivity index (χ3n) is 3.39. The zero-order valence-electron chi connectivity index (χ0n) is 9.26. The van der Waals surface area contributed by atoms with Crippen molar-refractivity contribution < 1.29 is 9.59 Å². The standard InChI is InChI=1S/C10H15N3O3/c1-7-9(14)12(10(15)13(7)11-16)8-5-3-2-4-6-8/h7-8H,2-6H2,1H3. The fraction of sp³-hybridized carbons (Fsp3) is 0.800. The van der Waals surface area contributed by atoms with Gasteiger partial charge in [-0.25, -0.2) is 4.79 Å². The summed E-state index contributed by atoms with van der Waals surface area (Å²) >= 11 is 0. The second-order valence-corrected chi connectivity index (χ2v) is 4.38. The minimum atomic E-state index is -0.744. The van der Waals surface area contributed by atoms with Gasteiger partial charge in [-0.05, 0) is 19.8 Å². The molecule has 2 fully saturated rings. The zero-order valence-corrected chi connectivity index (χ0v) is 9.26. The van der Waals surface area contributed by atoms with Crippen LogP contribution in [0, 0.1) is 4.91 Å². The molecule has 1 saturated heterocycles. The Bertz CT molecular complexity index is 325. The summed E-state index contributed by atoms with van der Waals surface area (Å²) in [6, 6.07) is -1.34. The zero-order chi connectivity index (χ0) is 11.7. The van der Waals surface area contributed by atoms with Crippen molar-refractivity contribution >= 4 is 11.9 Å². The van der Waals surface area contributed by atoms with Crippen LogP contribution in [0.3, 0.4) is 0 Å². The third-order valence-corrected chi connectivity index (χ3v) is 3.39. The fourth-order valence-electron chi connectivity index (χ4n) is 2.46. The molecule has 6 heteroatoms. The minimum absolute atomic E-state index is 0.0389. The monoisotopic (exact) mass is 225 g/mol. The maximum Gasteiger partial charge on any atom is 0.350 e. The molecule has 1 atom stereocenters. The lowest BCUT2D eigenvalue weighted by Gasteiger charge is -2.28. The summed E-state index contributed by atoms with van der Waals surface area (Å²) in [4.78, 5) is 35.3. The number of rotatable bonds is 2. The highest BCUT2D eigenvalue weighted by Gasteiger charge is 2.47. The molecule has 0 radical (unpaired) electrons. The average molecular weight is 225 g/mol. The van der Waals surface area contributed by atoms with Crippen LogP contribution in [0.5, 0.6) is 0 Å². The van der Waals surface area contributed by atoms with E-state index in [4.69, 9.17) is 0 Å². The highest BCUT2D eigenvalue weighted by atomic mass is 16.3. The van der Waals surface area contributed by atoms with E-state index in [9.17, 15) is 14.5 Å². The van der Waals surface area contributed by atoms with E-state index in [1.807, 2.05) is 0 Å². The van der Waals surface area contributed by atoms with E-state index in [1.54, 1.807) is 0 Å². The topological polar surface area (TPSA) is 70.1 Å². The van der Waals surface area contributed by atoms with Crippen LogP contribution in [-0.2, 0) is 4.79 Å². The molecule has 0 aromatic rings. The van der Waals surface area contributed by atoms with Crippen molar-refractivity contribution in [2.75, 3.05) is 0 Å². The lowest BCUT2D eigenvalue weighted by molar-refractivity contribution is -0.129.